The second kappa shape index (κ2) is 11.7. The number of nitrogens with one attached hydrogen (secondary N) is 1. The van der Waals surface area contributed by atoms with Crippen LogP contribution < -0.4 is 5.32 Å². The van der Waals surface area contributed by atoms with Gasteiger partial charge in [-0.15, -0.1) is 0 Å². The molecule has 2 saturated heterocycles. The molecule has 192 valence electrons. The quantitative estimate of drug-likeness (QED) is 0.570. The number of hydrogen-bond donors (Lipinski definition) is 1. The van der Waals surface area contributed by atoms with Crippen molar-refractivity contribution >= 4 is 52.8 Å². The highest BCUT2D eigenvalue weighted by Crippen LogP contribution is 2.30. The minimum Gasteiger partial charge on any atom is -0.333 e. The van der Waals surface area contributed by atoms with Gasteiger partial charge >= 0.3 is 6.03 Å². The highest BCUT2D eigenvalue weighted by Gasteiger charge is 2.50. The van der Waals surface area contributed by atoms with Gasteiger partial charge in [0.25, 0.3) is 0 Å². The van der Waals surface area contributed by atoms with Crippen LogP contribution in [0.15, 0.2) is 48.5 Å². The molecular formula is C25H29Cl2N5O3S. The van der Waals surface area contributed by atoms with Crippen LogP contribution in [-0.2, 0) is 22.7 Å². The van der Waals surface area contributed by atoms with Crippen molar-refractivity contribution in [3.8, 4) is 0 Å². The van der Waals surface area contributed by atoms with E-state index in [1.165, 1.54) is 0 Å². The third-order valence-corrected chi connectivity index (χ3v) is 7.77. The summed E-state index contributed by atoms with van der Waals surface area (Å²) in [4.78, 5) is 43.5. The number of halogens is 2. The molecule has 4 amide bonds. The van der Waals surface area contributed by atoms with Gasteiger partial charge in [0.15, 0.2) is 0 Å². The fraction of sp³-hybridized carbons (Fsp3) is 0.400. The summed E-state index contributed by atoms with van der Waals surface area (Å²) >= 11 is 13.9. The molecule has 2 aliphatic heterocycles. The summed E-state index contributed by atoms with van der Waals surface area (Å²) in [5.74, 6) is 0.418. The first-order chi connectivity index (χ1) is 17.3. The molecule has 0 spiro atoms. The van der Waals surface area contributed by atoms with E-state index < -0.39 is 12.2 Å². The first kappa shape index (κ1) is 26.6. The molecule has 1 N–H and O–H groups in total. The summed E-state index contributed by atoms with van der Waals surface area (Å²) in [7, 11) is 1.72. The van der Waals surface area contributed by atoms with Gasteiger partial charge in [0.1, 0.15) is 12.2 Å². The summed E-state index contributed by atoms with van der Waals surface area (Å²) in [5.41, 5.74) is 1.79. The number of nitrogens with zero attached hydrogens (tertiary/aromatic N) is 4. The van der Waals surface area contributed by atoms with Gasteiger partial charge in [0, 0.05) is 20.1 Å². The molecule has 4 rings (SSSR count). The molecule has 36 heavy (non-hydrogen) atoms. The van der Waals surface area contributed by atoms with Crippen molar-refractivity contribution in [2.24, 2.45) is 0 Å². The summed E-state index contributed by atoms with van der Waals surface area (Å²) in [6.45, 7) is 0.856. The van der Waals surface area contributed by atoms with E-state index in [1.54, 1.807) is 50.8 Å². The molecule has 2 fully saturated rings. The average molecular weight is 551 g/mol. The van der Waals surface area contributed by atoms with Crippen LogP contribution in [0, 0.1) is 0 Å². The SMILES string of the molecule is CSCC[C@H]1C(=O)N(Cc2ccc(Cl)c(Cl)c2)CC2N1C(=O)CN(C)N2C(=O)NCc1ccccc1. The maximum absolute atomic E-state index is 13.6. The Labute approximate surface area is 225 Å². The molecule has 2 aromatic carbocycles. The number of carbonyl (C=O) groups is 3. The van der Waals surface area contributed by atoms with E-state index in [2.05, 4.69) is 5.32 Å². The van der Waals surface area contributed by atoms with E-state index in [9.17, 15) is 14.4 Å². The van der Waals surface area contributed by atoms with E-state index in [0.29, 0.717) is 35.3 Å². The van der Waals surface area contributed by atoms with Crippen molar-refractivity contribution in [1.82, 2.24) is 25.1 Å². The van der Waals surface area contributed by atoms with E-state index in [1.807, 2.05) is 42.7 Å². The molecule has 0 aliphatic carbocycles. The first-order valence-electron chi connectivity index (χ1n) is 11.6. The van der Waals surface area contributed by atoms with Crippen LogP contribution in [0.2, 0.25) is 10.0 Å². The van der Waals surface area contributed by atoms with Gasteiger partial charge in [0.05, 0.1) is 23.1 Å². The van der Waals surface area contributed by atoms with Gasteiger partial charge in [-0.05, 0) is 41.7 Å². The molecule has 11 heteroatoms. The molecule has 0 bridgehead atoms. The number of hydrazine groups is 1. The average Bonchev–Trinajstić information content (AvgIpc) is 2.86. The lowest BCUT2D eigenvalue weighted by Crippen LogP contribution is -2.75. The number of fused-ring (bicyclic) bond motifs is 1. The number of likely N-dealkylation sites (N-methyl/N-ethyl adjacent to an activating group) is 1. The number of amides is 4. The summed E-state index contributed by atoms with van der Waals surface area (Å²) in [6.07, 6.45) is 1.84. The Bertz CT molecular complexity index is 1120. The molecule has 8 nitrogen and oxygen atoms in total. The van der Waals surface area contributed by atoms with Crippen LogP contribution in [0.3, 0.4) is 0 Å². The minimum atomic E-state index is -0.649. The van der Waals surface area contributed by atoms with E-state index in [-0.39, 0.29) is 30.9 Å². The Morgan fingerprint density at radius 2 is 1.83 bits per heavy atom. The molecule has 1 unspecified atom stereocenters. The Morgan fingerprint density at radius 3 is 2.53 bits per heavy atom. The van der Waals surface area contributed by atoms with E-state index >= 15 is 0 Å². The lowest BCUT2D eigenvalue weighted by Gasteiger charge is -2.54. The zero-order valence-electron chi connectivity index (χ0n) is 20.2. The van der Waals surface area contributed by atoms with Crippen molar-refractivity contribution in [1.29, 1.82) is 0 Å². The normalized spacial score (nSPS) is 20.5. The Hall–Kier alpha value is -2.46. The Morgan fingerprint density at radius 1 is 1.08 bits per heavy atom. The van der Waals surface area contributed by atoms with E-state index in [4.69, 9.17) is 23.2 Å². The van der Waals surface area contributed by atoms with Crippen LogP contribution in [0.1, 0.15) is 17.5 Å². The number of carbonyl (C=O) groups excluding carboxylic acids is 3. The fourth-order valence-electron chi connectivity index (χ4n) is 4.67. The Balaban J connectivity index is 1.61. The zero-order valence-corrected chi connectivity index (χ0v) is 22.5. The predicted molar refractivity (Wildman–Crippen MR) is 142 cm³/mol. The molecule has 2 aliphatic rings. The summed E-state index contributed by atoms with van der Waals surface area (Å²) in [5, 5.41) is 7.00. The second-order valence-electron chi connectivity index (χ2n) is 8.85. The van der Waals surface area contributed by atoms with Crippen LogP contribution >= 0.6 is 35.0 Å². The minimum absolute atomic E-state index is 0.0189. The number of thioether (sulfide) groups is 1. The number of urea groups is 1. The second-order valence-corrected chi connectivity index (χ2v) is 10.7. The van der Waals surface area contributed by atoms with Crippen LogP contribution in [0.4, 0.5) is 4.79 Å². The lowest BCUT2D eigenvalue weighted by molar-refractivity contribution is -0.187. The number of benzene rings is 2. The molecule has 2 aromatic rings. The van der Waals surface area contributed by atoms with Crippen LogP contribution in [0.25, 0.3) is 0 Å². The molecule has 2 heterocycles. The third kappa shape index (κ3) is 5.75. The maximum atomic E-state index is 13.6. The highest BCUT2D eigenvalue weighted by atomic mass is 35.5. The van der Waals surface area contributed by atoms with Crippen molar-refractivity contribution in [2.75, 3.05) is 32.1 Å². The van der Waals surface area contributed by atoms with Gasteiger partial charge in [-0.25, -0.2) is 14.8 Å². The summed E-state index contributed by atoms with van der Waals surface area (Å²) in [6, 6.07) is 13.9. The van der Waals surface area contributed by atoms with Crippen LogP contribution in [0.5, 0.6) is 0 Å². The van der Waals surface area contributed by atoms with Crippen molar-refractivity contribution in [2.45, 2.75) is 31.7 Å². The van der Waals surface area contributed by atoms with Crippen molar-refractivity contribution in [3.63, 3.8) is 0 Å². The molecular weight excluding hydrogens is 521 g/mol. The topological polar surface area (TPSA) is 76.2 Å². The summed E-state index contributed by atoms with van der Waals surface area (Å²) < 4.78 is 0. The number of piperazine rings is 1. The third-order valence-electron chi connectivity index (χ3n) is 6.39. The van der Waals surface area contributed by atoms with Gasteiger partial charge in [-0.2, -0.15) is 11.8 Å². The maximum Gasteiger partial charge on any atom is 0.334 e. The van der Waals surface area contributed by atoms with Gasteiger partial charge in [0.2, 0.25) is 11.8 Å². The zero-order chi connectivity index (χ0) is 25.8. The molecule has 2 atom stereocenters. The monoisotopic (exact) mass is 549 g/mol. The Kier molecular flexibility index (Phi) is 8.66. The first-order valence-corrected chi connectivity index (χ1v) is 13.8. The largest absolute Gasteiger partial charge is 0.334 e. The van der Waals surface area contributed by atoms with Gasteiger partial charge < -0.3 is 15.1 Å². The van der Waals surface area contributed by atoms with Crippen LogP contribution in [-0.4, -0.2) is 82.0 Å². The lowest BCUT2D eigenvalue weighted by atomic mass is 10.0. The van der Waals surface area contributed by atoms with Crippen molar-refractivity contribution < 1.29 is 14.4 Å². The van der Waals surface area contributed by atoms with Crippen molar-refractivity contribution in [3.05, 3.63) is 69.7 Å². The highest BCUT2D eigenvalue weighted by molar-refractivity contribution is 7.98. The smallest absolute Gasteiger partial charge is 0.333 e. The molecule has 0 radical (unpaired) electrons. The molecule has 0 saturated carbocycles. The number of rotatable bonds is 7. The molecule has 0 aromatic heterocycles. The predicted octanol–water partition coefficient (Wildman–Crippen LogP) is 3.68. The van der Waals surface area contributed by atoms with Gasteiger partial charge in [-0.3, -0.25) is 9.59 Å². The standard InChI is InChI=1S/C25H29Cl2N5O3S/c1-29-16-23(33)31-21(10-11-36-2)24(34)30(14-18-8-9-19(26)20(27)12-18)15-22(31)32(29)25(35)28-13-17-6-4-3-5-7-17/h3-9,12,21-22H,10-11,13-16H2,1-2H3,(H,28,35)/t21-,22?/m0/s1. The fourth-order valence-corrected chi connectivity index (χ4v) is 5.45. The van der Waals surface area contributed by atoms with E-state index in [0.717, 1.165) is 11.1 Å². The van der Waals surface area contributed by atoms with Gasteiger partial charge in [-0.1, -0.05) is 59.6 Å². The number of hydrogen-bond acceptors (Lipinski definition) is 5.